The molecule has 0 aliphatic carbocycles. The van der Waals surface area contributed by atoms with Crippen molar-refractivity contribution in [3.8, 4) is 11.5 Å². The second-order valence-corrected chi connectivity index (χ2v) is 4.45. The maximum atomic E-state index is 9.64. The zero-order chi connectivity index (χ0) is 11.5. The standard InChI is InChI=1S/C13H19NO2/c1-9-6-12(15)13(16-2)8-10(9)7-11-4-3-5-14-11/h6,8,11,14-15H,3-5,7H2,1-2H3. The summed E-state index contributed by atoms with van der Waals surface area (Å²) in [4.78, 5) is 0. The molecule has 3 heteroatoms. The average Bonchev–Trinajstić information content (AvgIpc) is 2.75. The molecule has 1 aliphatic rings. The topological polar surface area (TPSA) is 41.5 Å². The normalized spacial score (nSPS) is 20.0. The van der Waals surface area contributed by atoms with Crippen molar-refractivity contribution >= 4 is 0 Å². The highest BCUT2D eigenvalue weighted by molar-refractivity contribution is 5.46. The number of phenols is 1. The summed E-state index contributed by atoms with van der Waals surface area (Å²) < 4.78 is 5.13. The van der Waals surface area contributed by atoms with Gasteiger partial charge in [-0.05, 0) is 56.0 Å². The summed E-state index contributed by atoms with van der Waals surface area (Å²) in [6, 6.07) is 4.31. The van der Waals surface area contributed by atoms with Crippen LogP contribution in [0, 0.1) is 6.92 Å². The third kappa shape index (κ3) is 2.30. The fourth-order valence-corrected chi connectivity index (χ4v) is 2.29. The molecule has 1 aliphatic heterocycles. The number of methoxy groups -OCH3 is 1. The molecule has 1 unspecified atom stereocenters. The van der Waals surface area contributed by atoms with E-state index in [1.807, 2.05) is 13.0 Å². The highest BCUT2D eigenvalue weighted by atomic mass is 16.5. The van der Waals surface area contributed by atoms with Crippen molar-refractivity contribution in [2.24, 2.45) is 0 Å². The SMILES string of the molecule is COc1cc(CC2CCCN2)c(C)cc1O. The maximum Gasteiger partial charge on any atom is 0.160 e. The van der Waals surface area contributed by atoms with Crippen LogP contribution in [-0.2, 0) is 6.42 Å². The van der Waals surface area contributed by atoms with Gasteiger partial charge in [-0.2, -0.15) is 0 Å². The summed E-state index contributed by atoms with van der Waals surface area (Å²) in [5, 5.41) is 13.1. The van der Waals surface area contributed by atoms with E-state index in [0.29, 0.717) is 11.8 Å². The first-order valence-electron chi connectivity index (χ1n) is 5.80. The van der Waals surface area contributed by atoms with Gasteiger partial charge in [-0.3, -0.25) is 0 Å². The first-order valence-corrected chi connectivity index (χ1v) is 5.80. The summed E-state index contributed by atoms with van der Waals surface area (Å²) in [7, 11) is 1.59. The molecular formula is C13H19NO2. The Morgan fingerprint density at radius 1 is 1.50 bits per heavy atom. The third-order valence-electron chi connectivity index (χ3n) is 3.27. The predicted octanol–water partition coefficient (Wildman–Crippen LogP) is 2.00. The molecule has 1 heterocycles. The van der Waals surface area contributed by atoms with Crippen LogP contribution in [0.4, 0.5) is 0 Å². The molecule has 1 aromatic carbocycles. The molecule has 88 valence electrons. The highest BCUT2D eigenvalue weighted by Gasteiger charge is 2.16. The molecule has 1 aromatic rings. The van der Waals surface area contributed by atoms with Crippen LogP contribution >= 0.6 is 0 Å². The van der Waals surface area contributed by atoms with E-state index < -0.39 is 0 Å². The summed E-state index contributed by atoms with van der Waals surface area (Å²) in [5.41, 5.74) is 2.39. The third-order valence-corrected chi connectivity index (χ3v) is 3.27. The number of benzene rings is 1. The molecule has 16 heavy (non-hydrogen) atoms. The van der Waals surface area contributed by atoms with Crippen molar-refractivity contribution in [3.63, 3.8) is 0 Å². The Hall–Kier alpha value is -1.22. The van der Waals surface area contributed by atoms with Crippen LogP contribution in [0.3, 0.4) is 0 Å². The predicted molar refractivity (Wildman–Crippen MR) is 64.1 cm³/mol. The van der Waals surface area contributed by atoms with Crippen molar-refractivity contribution in [2.45, 2.75) is 32.2 Å². The minimum Gasteiger partial charge on any atom is -0.504 e. The minimum absolute atomic E-state index is 0.225. The van der Waals surface area contributed by atoms with Gasteiger partial charge < -0.3 is 15.2 Å². The van der Waals surface area contributed by atoms with Gasteiger partial charge >= 0.3 is 0 Å². The first-order chi connectivity index (χ1) is 7.70. The Bertz CT molecular complexity index is 370. The number of aryl methyl sites for hydroxylation is 1. The number of hydrogen-bond donors (Lipinski definition) is 2. The van der Waals surface area contributed by atoms with Crippen LogP contribution in [0.5, 0.6) is 11.5 Å². The lowest BCUT2D eigenvalue weighted by Gasteiger charge is -2.14. The average molecular weight is 221 g/mol. The molecule has 3 nitrogen and oxygen atoms in total. The second-order valence-electron chi connectivity index (χ2n) is 4.45. The number of rotatable bonds is 3. The number of hydrogen-bond acceptors (Lipinski definition) is 3. The van der Waals surface area contributed by atoms with Crippen LogP contribution in [0.15, 0.2) is 12.1 Å². The van der Waals surface area contributed by atoms with Gasteiger partial charge in [0, 0.05) is 6.04 Å². The van der Waals surface area contributed by atoms with E-state index in [4.69, 9.17) is 4.74 Å². The van der Waals surface area contributed by atoms with Crippen LogP contribution in [-0.4, -0.2) is 24.8 Å². The van der Waals surface area contributed by atoms with Crippen LogP contribution in [0.25, 0.3) is 0 Å². The number of aromatic hydroxyl groups is 1. The Morgan fingerprint density at radius 3 is 2.94 bits per heavy atom. The van der Waals surface area contributed by atoms with Crippen molar-refractivity contribution in [1.29, 1.82) is 0 Å². The van der Waals surface area contributed by atoms with Crippen molar-refractivity contribution < 1.29 is 9.84 Å². The minimum atomic E-state index is 0.225. The maximum absolute atomic E-state index is 9.64. The molecule has 2 rings (SSSR count). The largest absolute Gasteiger partial charge is 0.504 e. The van der Waals surface area contributed by atoms with Gasteiger partial charge in [0.2, 0.25) is 0 Å². The van der Waals surface area contributed by atoms with Crippen molar-refractivity contribution in [1.82, 2.24) is 5.32 Å². The molecule has 0 amide bonds. The Kier molecular flexibility index (Phi) is 3.34. The second kappa shape index (κ2) is 4.74. The van der Waals surface area contributed by atoms with Crippen LogP contribution < -0.4 is 10.1 Å². The smallest absolute Gasteiger partial charge is 0.160 e. The summed E-state index contributed by atoms with van der Waals surface area (Å²) in [6.45, 7) is 3.16. The van der Waals surface area contributed by atoms with E-state index in [1.165, 1.54) is 18.4 Å². The fourth-order valence-electron chi connectivity index (χ4n) is 2.29. The van der Waals surface area contributed by atoms with Gasteiger partial charge in [-0.25, -0.2) is 0 Å². The zero-order valence-corrected chi connectivity index (χ0v) is 9.92. The van der Waals surface area contributed by atoms with Gasteiger partial charge in [0.1, 0.15) is 0 Å². The number of nitrogens with one attached hydrogen (secondary N) is 1. The quantitative estimate of drug-likeness (QED) is 0.820. The van der Waals surface area contributed by atoms with E-state index in [1.54, 1.807) is 13.2 Å². The lowest BCUT2D eigenvalue weighted by molar-refractivity contribution is 0.372. The lowest BCUT2D eigenvalue weighted by Crippen LogP contribution is -2.23. The monoisotopic (exact) mass is 221 g/mol. The molecule has 0 aromatic heterocycles. The molecule has 1 saturated heterocycles. The van der Waals surface area contributed by atoms with Crippen molar-refractivity contribution in [2.75, 3.05) is 13.7 Å². The van der Waals surface area contributed by atoms with E-state index >= 15 is 0 Å². The van der Waals surface area contributed by atoms with Gasteiger partial charge in [0.15, 0.2) is 11.5 Å². The number of phenolic OH excluding ortho intramolecular Hbond substituents is 1. The molecule has 0 spiro atoms. The molecule has 0 bridgehead atoms. The Labute approximate surface area is 96.4 Å². The van der Waals surface area contributed by atoms with Gasteiger partial charge in [-0.15, -0.1) is 0 Å². The molecule has 1 fully saturated rings. The molecule has 0 saturated carbocycles. The van der Waals surface area contributed by atoms with E-state index in [0.717, 1.165) is 18.5 Å². The van der Waals surface area contributed by atoms with E-state index in [9.17, 15) is 5.11 Å². The molecule has 0 radical (unpaired) electrons. The van der Waals surface area contributed by atoms with Crippen molar-refractivity contribution in [3.05, 3.63) is 23.3 Å². The molecule has 2 N–H and O–H groups in total. The molecule has 1 atom stereocenters. The lowest BCUT2D eigenvalue weighted by atomic mass is 9.99. The summed E-state index contributed by atoms with van der Waals surface area (Å²) >= 11 is 0. The molecular weight excluding hydrogens is 202 g/mol. The highest BCUT2D eigenvalue weighted by Crippen LogP contribution is 2.30. The van der Waals surface area contributed by atoms with Gasteiger partial charge in [-0.1, -0.05) is 0 Å². The number of ether oxygens (including phenoxy) is 1. The van der Waals surface area contributed by atoms with E-state index in [2.05, 4.69) is 5.32 Å². The van der Waals surface area contributed by atoms with Crippen LogP contribution in [0.1, 0.15) is 24.0 Å². The Morgan fingerprint density at radius 2 is 2.31 bits per heavy atom. The van der Waals surface area contributed by atoms with Crippen LogP contribution in [0.2, 0.25) is 0 Å². The Balaban J connectivity index is 2.18. The van der Waals surface area contributed by atoms with Gasteiger partial charge in [0.25, 0.3) is 0 Å². The fraction of sp³-hybridized carbons (Fsp3) is 0.538. The van der Waals surface area contributed by atoms with E-state index in [-0.39, 0.29) is 5.75 Å². The summed E-state index contributed by atoms with van der Waals surface area (Å²) in [5.74, 6) is 0.793. The summed E-state index contributed by atoms with van der Waals surface area (Å²) in [6.07, 6.45) is 3.52. The first kappa shape index (κ1) is 11.3. The van der Waals surface area contributed by atoms with Gasteiger partial charge in [0.05, 0.1) is 7.11 Å². The zero-order valence-electron chi connectivity index (χ0n) is 9.92.